The van der Waals surface area contributed by atoms with Crippen LogP contribution in [0.1, 0.15) is 46.8 Å². The summed E-state index contributed by atoms with van der Waals surface area (Å²) >= 11 is 0. The molecular weight excluding hydrogens is 254 g/mol. The summed E-state index contributed by atoms with van der Waals surface area (Å²) < 4.78 is 0. The summed E-state index contributed by atoms with van der Waals surface area (Å²) in [6.45, 7) is 7.34. The third kappa shape index (κ3) is 2.55. The first-order valence-corrected chi connectivity index (χ1v) is 6.89. The zero-order valence-corrected chi connectivity index (χ0v) is 12.4. The third-order valence-electron chi connectivity index (χ3n) is 4.12. The molecule has 108 valence electrons. The molecule has 2 rings (SSSR count). The minimum atomic E-state index is -1.17. The Balaban J connectivity index is 2.31. The molecule has 1 amide bonds. The topological polar surface area (TPSA) is 66.4 Å². The first kappa shape index (κ1) is 14.6. The summed E-state index contributed by atoms with van der Waals surface area (Å²) in [4.78, 5) is 24.0. The molecule has 4 heteroatoms. The number of amides is 1. The van der Waals surface area contributed by atoms with Crippen LogP contribution in [-0.2, 0) is 4.79 Å². The van der Waals surface area contributed by atoms with Crippen molar-refractivity contribution in [2.75, 3.05) is 0 Å². The monoisotopic (exact) mass is 275 g/mol. The summed E-state index contributed by atoms with van der Waals surface area (Å²) in [7, 11) is 0. The van der Waals surface area contributed by atoms with E-state index in [2.05, 4.69) is 5.32 Å². The zero-order chi connectivity index (χ0) is 15.1. The summed E-state index contributed by atoms with van der Waals surface area (Å²) in [6.07, 6.45) is 1.71. The van der Waals surface area contributed by atoms with E-state index in [4.69, 9.17) is 0 Å². The van der Waals surface area contributed by atoms with Gasteiger partial charge in [-0.05, 0) is 57.6 Å². The van der Waals surface area contributed by atoms with Crippen LogP contribution in [0.25, 0.3) is 0 Å². The summed E-state index contributed by atoms with van der Waals surface area (Å²) in [5.74, 6) is -1.22. The Labute approximate surface area is 119 Å². The molecule has 0 aliphatic heterocycles. The van der Waals surface area contributed by atoms with E-state index in [0.29, 0.717) is 5.56 Å². The van der Waals surface area contributed by atoms with Crippen molar-refractivity contribution in [2.45, 2.75) is 46.1 Å². The molecule has 1 saturated carbocycles. The maximum Gasteiger partial charge on any atom is 0.329 e. The molecule has 0 spiro atoms. The quantitative estimate of drug-likeness (QED) is 0.887. The van der Waals surface area contributed by atoms with Crippen LogP contribution in [0.15, 0.2) is 12.1 Å². The van der Waals surface area contributed by atoms with E-state index < -0.39 is 11.5 Å². The number of rotatable bonds is 4. The largest absolute Gasteiger partial charge is 0.480 e. The average Bonchev–Trinajstić information content (AvgIpc) is 3.10. The molecule has 0 bridgehead atoms. The fourth-order valence-electron chi connectivity index (χ4n) is 2.83. The Bertz CT molecular complexity index is 552. The van der Waals surface area contributed by atoms with Gasteiger partial charge in [0.15, 0.2) is 0 Å². The lowest BCUT2D eigenvalue weighted by Gasteiger charge is -2.27. The molecule has 0 aromatic heterocycles. The lowest BCUT2D eigenvalue weighted by atomic mass is 9.93. The van der Waals surface area contributed by atoms with E-state index in [-0.39, 0.29) is 11.8 Å². The van der Waals surface area contributed by atoms with Gasteiger partial charge in [-0.25, -0.2) is 4.79 Å². The predicted octanol–water partition coefficient (Wildman–Crippen LogP) is 2.59. The lowest BCUT2D eigenvalue weighted by molar-refractivity contribution is -0.144. The van der Waals surface area contributed by atoms with E-state index >= 15 is 0 Å². The van der Waals surface area contributed by atoms with Gasteiger partial charge in [0, 0.05) is 5.56 Å². The van der Waals surface area contributed by atoms with Gasteiger partial charge < -0.3 is 10.4 Å². The number of benzene rings is 1. The van der Waals surface area contributed by atoms with Gasteiger partial charge in [-0.15, -0.1) is 0 Å². The van der Waals surface area contributed by atoms with Gasteiger partial charge in [-0.2, -0.15) is 0 Å². The third-order valence-corrected chi connectivity index (χ3v) is 4.12. The molecular formula is C16H21NO3. The molecule has 1 unspecified atom stereocenters. The first-order chi connectivity index (χ1) is 9.25. The highest BCUT2D eigenvalue weighted by atomic mass is 16.4. The van der Waals surface area contributed by atoms with E-state index in [9.17, 15) is 14.7 Å². The lowest BCUT2D eigenvalue weighted by Crippen LogP contribution is -2.54. The molecule has 1 atom stereocenters. The van der Waals surface area contributed by atoms with Crippen molar-refractivity contribution < 1.29 is 14.7 Å². The maximum atomic E-state index is 12.5. The molecule has 1 aliphatic carbocycles. The second-order valence-electron chi connectivity index (χ2n) is 6.01. The van der Waals surface area contributed by atoms with E-state index in [1.54, 1.807) is 6.92 Å². The van der Waals surface area contributed by atoms with Gasteiger partial charge in [-0.3, -0.25) is 4.79 Å². The number of aliphatic carboxylic acids is 1. The first-order valence-electron chi connectivity index (χ1n) is 6.89. The number of carbonyl (C=O) groups excluding carboxylic acids is 1. The SMILES string of the molecule is Cc1cc(C)c(C(=O)NC(C)(C(=O)O)C2CC2)c(C)c1. The number of nitrogens with one attached hydrogen (secondary N) is 1. The van der Waals surface area contributed by atoms with E-state index in [1.807, 2.05) is 32.9 Å². The molecule has 1 fully saturated rings. The number of hydrogen-bond donors (Lipinski definition) is 2. The molecule has 1 aromatic carbocycles. The Morgan fingerprint density at radius 1 is 1.20 bits per heavy atom. The van der Waals surface area contributed by atoms with Crippen molar-refractivity contribution >= 4 is 11.9 Å². The van der Waals surface area contributed by atoms with Gasteiger partial charge in [-0.1, -0.05) is 17.7 Å². The van der Waals surface area contributed by atoms with Crippen LogP contribution in [0.2, 0.25) is 0 Å². The standard InChI is InChI=1S/C16H21NO3/c1-9-7-10(2)13(11(3)8-9)14(18)17-16(4,15(19)20)12-5-6-12/h7-8,12H,5-6H2,1-4H3,(H,17,18)(H,19,20). The number of carboxylic acids is 1. The van der Waals surface area contributed by atoms with Crippen molar-refractivity contribution in [3.05, 3.63) is 34.4 Å². The van der Waals surface area contributed by atoms with Crippen molar-refractivity contribution in [1.82, 2.24) is 5.32 Å². The fourth-order valence-corrected chi connectivity index (χ4v) is 2.83. The molecule has 0 saturated heterocycles. The second-order valence-corrected chi connectivity index (χ2v) is 6.01. The highest BCUT2D eigenvalue weighted by Gasteiger charge is 2.48. The summed E-state index contributed by atoms with van der Waals surface area (Å²) in [6, 6.07) is 3.88. The smallest absolute Gasteiger partial charge is 0.329 e. The molecule has 2 N–H and O–H groups in total. The van der Waals surface area contributed by atoms with Crippen LogP contribution in [-0.4, -0.2) is 22.5 Å². The Morgan fingerprint density at radius 3 is 2.10 bits per heavy atom. The zero-order valence-electron chi connectivity index (χ0n) is 12.4. The van der Waals surface area contributed by atoms with Gasteiger partial charge in [0.2, 0.25) is 0 Å². The number of hydrogen-bond acceptors (Lipinski definition) is 2. The van der Waals surface area contributed by atoms with Crippen LogP contribution >= 0.6 is 0 Å². The van der Waals surface area contributed by atoms with Crippen LogP contribution in [0.5, 0.6) is 0 Å². The second kappa shape index (κ2) is 4.93. The number of carbonyl (C=O) groups is 2. The van der Waals surface area contributed by atoms with E-state index in [0.717, 1.165) is 29.5 Å². The predicted molar refractivity (Wildman–Crippen MR) is 76.9 cm³/mol. The van der Waals surface area contributed by atoms with Gasteiger partial charge in [0.1, 0.15) is 5.54 Å². The van der Waals surface area contributed by atoms with Crippen molar-refractivity contribution in [3.63, 3.8) is 0 Å². The molecule has 4 nitrogen and oxygen atoms in total. The van der Waals surface area contributed by atoms with Gasteiger partial charge in [0.25, 0.3) is 5.91 Å². The minimum Gasteiger partial charge on any atom is -0.480 e. The summed E-state index contributed by atoms with van der Waals surface area (Å²) in [5.41, 5.74) is 2.27. The highest BCUT2D eigenvalue weighted by molar-refractivity contribution is 6.00. The molecule has 0 heterocycles. The van der Waals surface area contributed by atoms with Crippen LogP contribution in [0.3, 0.4) is 0 Å². The normalized spacial score (nSPS) is 17.4. The summed E-state index contributed by atoms with van der Waals surface area (Å²) in [5, 5.41) is 12.1. The van der Waals surface area contributed by atoms with E-state index in [1.165, 1.54) is 0 Å². The van der Waals surface area contributed by atoms with Crippen molar-refractivity contribution in [3.8, 4) is 0 Å². The van der Waals surface area contributed by atoms with Crippen LogP contribution < -0.4 is 5.32 Å². The number of aryl methyl sites for hydroxylation is 3. The Morgan fingerprint density at radius 2 is 1.70 bits per heavy atom. The fraction of sp³-hybridized carbons (Fsp3) is 0.500. The van der Waals surface area contributed by atoms with Crippen LogP contribution in [0.4, 0.5) is 0 Å². The number of carboxylic acid groups (broad SMARTS) is 1. The van der Waals surface area contributed by atoms with Crippen molar-refractivity contribution in [2.24, 2.45) is 5.92 Å². The Hall–Kier alpha value is -1.84. The van der Waals surface area contributed by atoms with Gasteiger partial charge in [0.05, 0.1) is 0 Å². The van der Waals surface area contributed by atoms with Crippen LogP contribution in [0, 0.1) is 26.7 Å². The Kier molecular flexibility index (Phi) is 3.59. The molecule has 0 radical (unpaired) electrons. The highest BCUT2D eigenvalue weighted by Crippen LogP contribution is 2.40. The van der Waals surface area contributed by atoms with Gasteiger partial charge >= 0.3 is 5.97 Å². The minimum absolute atomic E-state index is 0.0370. The van der Waals surface area contributed by atoms with Crippen molar-refractivity contribution in [1.29, 1.82) is 0 Å². The maximum absolute atomic E-state index is 12.5. The molecule has 20 heavy (non-hydrogen) atoms. The molecule has 1 aliphatic rings. The average molecular weight is 275 g/mol. The molecule has 1 aromatic rings.